The number of hydrogen-bond donors (Lipinski definition) is 0. The summed E-state index contributed by atoms with van der Waals surface area (Å²) in [5.74, 6) is 0.823. The maximum atomic E-state index is 12.7. The molecule has 0 unspecified atom stereocenters. The van der Waals surface area contributed by atoms with E-state index in [1.807, 2.05) is 45.0 Å². The summed E-state index contributed by atoms with van der Waals surface area (Å²) in [6.07, 6.45) is -0.0801. The van der Waals surface area contributed by atoms with E-state index in [1.54, 1.807) is 30.2 Å². The number of ether oxygens (including phenoxy) is 2. The molecular formula is C21H22ClN3O4. The number of carbonyl (C=O) groups is 1. The van der Waals surface area contributed by atoms with Gasteiger partial charge in [-0.2, -0.15) is 4.98 Å². The van der Waals surface area contributed by atoms with E-state index >= 15 is 0 Å². The Labute approximate surface area is 174 Å². The third-order valence-electron chi connectivity index (χ3n) is 4.29. The van der Waals surface area contributed by atoms with E-state index in [9.17, 15) is 4.79 Å². The van der Waals surface area contributed by atoms with Crippen molar-refractivity contribution in [3.63, 3.8) is 0 Å². The van der Waals surface area contributed by atoms with E-state index in [-0.39, 0.29) is 24.6 Å². The molecule has 0 aliphatic heterocycles. The minimum absolute atomic E-state index is 0.0626. The number of aryl methyl sites for hydroxylation is 1. The number of hydrogen-bond acceptors (Lipinski definition) is 6. The van der Waals surface area contributed by atoms with Gasteiger partial charge in [-0.1, -0.05) is 28.9 Å². The van der Waals surface area contributed by atoms with Crippen molar-refractivity contribution in [1.82, 2.24) is 10.1 Å². The van der Waals surface area contributed by atoms with E-state index in [4.69, 9.17) is 25.6 Å². The van der Waals surface area contributed by atoms with Crippen LogP contribution in [0.4, 0.5) is 5.69 Å². The largest absolute Gasteiger partial charge is 0.497 e. The Balaban J connectivity index is 1.68. The molecule has 0 aliphatic carbocycles. The molecule has 0 fully saturated rings. The lowest BCUT2D eigenvalue weighted by Gasteiger charge is -2.26. The Hall–Kier alpha value is -3.06. The van der Waals surface area contributed by atoms with Gasteiger partial charge in [-0.3, -0.25) is 9.32 Å². The van der Waals surface area contributed by atoms with Crippen molar-refractivity contribution >= 4 is 23.2 Å². The molecule has 0 spiro atoms. The lowest BCUT2D eigenvalue weighted by Crippen LogP contribution is -2.40. The molecule has 0 bridgehead atoms. The summed E-state index contributed by atoms with van der Waals surface area (Å²) in [6, 6.07) is 12.6. The van der Waals surface area contributed by atoms with Crippen LogP contribution in [0.25, 0.3) is 11.4 Å². The Bertz CT molecular complexity index is 986. The molecule has 0 aliphatic rings. The summed E-state index contributed by atoms with van der Waals surface area (Å²) < 4.78 is 15.7. The Morgan fingerprint density at radius 3 is 2.55 bits per heavy atom. The Kier molecular flexibility index (Phi) is 6.39. The minimum Gasteiger partial charge on any atom is -0.497 e. The smallest absolute Gasteiger partial charge is 0.418 e. The van der Waals surface area contributed by atoms with Crippen LogP contribution >= 0.6 is 11.6 Å². The van der Waals surface area contributed by atoms with Crippen molar-refractivity contribution < 1.29 is 18.8 Å². The van der Waals surface area contributed by atoms with E-state index in [0.29, 0.717) is 16.4 Å². The number of carbonyl (C=O) groups excluding carboxylic acids is 1. The first kappa shape index (κ1) is 20.7. The molecule has 0 atom stereocenters. The van der Waals surface area contributed by atoms with E-state index in [0.717, 1.165) is 17.0 Å². The van der Waals surface area contributed by atoms with Crippen LogP contribution in [0.5, 0.6) is 11.8 Å². The molecule has 29 heavy (non-hydrogen) atoms. The zero-order valence-corrected chi connectivity index (χ0v) is 17.4. The van der Waals surface area contributed by atoms with Gasteiger partial charge in [0.05, 0.1) is 7.11 Å². The second-order valence-corrected chi connectivity index (χ2v) is 7.10. The number of nitrogens with zero attached hydrogens (tertiary/aromatic N) is 3. The summed E-state index contributed by atoms with van der Waals surface area (Å²) in [7, 11) is 1.59. The van der Waals surface area contributed by atoms with Crippen LogP contribution in [-0.4, -0.2) is 35.8 Å². The Morgan fingerprint density at radius 1 is 1.21 bits per heavy atom. The predicted molar refractivity (Wildman–Crippen MR) is 111 cm³/mol. The van der Waals surface area contributed by atoms with Crippen molar-refractivity contribution in [1.29, 1.82) is 0 Å². The summed E-state index contributed by atoms with van der Waals surface area (Å²) in [5, 5.41) is 4.49. The first-order valence-corrected chi connectivity index (χ1v) is 9.46. The number of aromatic nitrogens is 2. The number of anilines is 1. The first-order chi connectivity index (χ1) is 13.9. The van der Waals surface area contributed by atoms with Crippen LogP contribution in [0.2, 0.25) is 5.02 Å². The summed E-state index contributed by atoms with van der Waals surface area (Å²) in [6.45, 7) is 5.52. The zero-order valence-electron chi connectivity index (χ0n) is 16.7. The SMILES string of the molecule is COc1ccc(N(C(=O)COc2nc(-c3ccc(C)c(Cl)c3)no2)C(C)C)cc1. The van der Waals surface area contributed by atoms with Gasteiger partial charge >= 0.3 is 6.08 Å². The van der Waals surface area contributed by atoms with Crippen LogP contribution in [0, 0.1) is 6.92 Å². The lowest BCUT2D eigenvalue weighted by molar-refractivity contribution is -0.121. The second-order valence-electron chi connectivity index (χ2n) is 6.69. The van der Waals surface area contributed by atoms with Crippen LogP contribution < -0.4 is 14.4 Å². The number of halogens is 1. The Morgan fingerprint density at radius 2 is 1.93 bits per heavy atom. The topological polar surface area (TPSA) is 77.7 Å². The quantitative estimate of drug-likeness (QED) is 0.564. The fraction of sp³-hybridized carbons (Fsp3) is 0.286. The molecule has 3 aromatic rings. The third-order valence-corrected chi connectivity index (χ3v) is 4.70. The van der Waals surface area contributed by atoms with Gasteiger partial charge in [-0.25, -0.2) is 0 Å². The fourth-order valence-electron chi connectivity index (χ4n) is 2.78. The average molecular weight is 416 g/mol. The van der Waals surface area contributed by atoms with Crippen molar-refractivity contribution in [2.75, 3.05) is 18.6 Å². The maximum absolute atomic E-state index is 12.7. The molecule has 8 heteroatoms. The predicted octanol–water partition coefficient (Wildman–Crippen LogP) is 4.53. The molecular weight excluding hydrogens is 394 g/mol. The van der Waals surface area contributed by atoms with Crippen LogP contribution in [0.3, 0.4) is 0 Å². The second kappa shape index (κ2) is 8.96. The highest BCUT2D eigenvalue weighted by molar-refractivity contribution is 6.31. The molecule has 7 nitrogen and oxygen atoms in total. The molecule has 0 N–H and O–H groups in total. The highest BCUT2D eigenvalue weighted by Gasteiger charge is 2.21. The molecule has 0 saturated heterocycles. The molecule has 0 saturated carbocycles. The normalized spacial score (nSPS) is 10.8. The highest BCUT2D eigenvalue weighted by atomic mass is 35.5. The highest BCUT2D eigenvalue weighted by Crippen LogP contribution is 2.25. The third kappa shape index (κ3) is 4.86. The van der Waals surface area contributed by atoms with Crippen LogP contribution in [0.1, 0.15) is 19.4 Å². The average Bonchev–Trinajstić information content (AvgIpc) is 3.18. The molecule has 0 radical (unpaired) electrons. The fourth-order valence-corrected chi connectivity index (χ4v) is 2.96. The number of amides is 1. The maximum Gasteiger partial charge on any atom is 0.418 e. The van der Waals surface area contributed by atoms with Gasteiger partial charge in [0.2, 0.25) is 5.82 Å². The van der Waals surface area contributed by atoms with Crippen molar-refractivity contribution in [3.8, 4) is 23.2 Å². The number of rotatable bonds is 7. The summed E-state index contributed by atoms with van der Waals surface area (Å²) in [4.78, 5) is 18.5. The standard InChI is InChI=1S/C21H22ClN3O4/c1-13(2)25(16-7-9-17(27-4)10-8-16)19(26)12-28-21-23-20(24-29-21)15-6-5-14(3)18(22)11-15/h5-11,13H,12H2,1-4H3. The van der Waals surface area contributed by atoms with Gasteiger partial charge in [0, 0.05) is 22.3 Å². The van der Waals surface area contributed by atoms with Crippen LogP contribution in [-0.2, 0) is 4.79 Å². The molecule has 152 valence electrons. The van der Waals surface area contributed by atoms with E-state index in [2.05, 4.69) is 10.1 Å². The lowest BCUT2D eigenvalue weighted by atomic mass is 10.1. The summed E-state index contributed by atoms with van der Waals surface area (Å²) >= 11 is 6.14. The van der Waals surface area contributed by atoms with Gasteiger partial charge in [-0.05, 0) is 56.7 Å². The van der Waals surface area contributed by atoms with Crippen molar-refractivity contribution in [2.24, 2.45) is 0 Å². The van der Waals surface area contributed by atoms with Gasteiger partial charge in [0.25, 0.3) is 5.91 Å². The van der Waals surface area contributed by atoms with Gasteiger partial charge in [-0.15, -0.1) is 0 Å². The minimum atomic E-state index is -0.236. The molecule has 1 amide bonds. The molecule has 1 aromatic heterocycles. The summed E-state index contributed by atoms with van der Waals surface area (Å²) in [5.41, 5.74) is 2.40. The number of methoxy groups -OCH3 is 1. The molecule has 3 rings (SSSR count). The monoisotopic (exact) mass is 415 g/mol. The van der Waals surface area contributed by atoms with Crippen LogP contribution in [0.15, 0.2) is 47.0 Å². The van der Waals surface area contributed by atoms with Crippen molar-refractivity contribution in [2.45, 2.75) is 26.8 Å². The van der Waals surface area contributed by atoms with Gasteiger partial charge in [0.15, 0.2) is 6.61 Å². The van der Waals surface area contributed by atoms with E-state index in [1.165, 1.54) is 0 Å². The van der Waals surface area contributed by atoms with E-state index < -0.39 is 0 Å². The van der Waals surface area contributed by atoms with Gasteiger partial charge < -0.3 is 14.4 Å². The number of benzene rings is 2. The van der Waals surface area contributed by atoms with Crippen molar-refractivity contribution in [3.05, 3.63) is 53.1 Å². The molecule has 1 heterocycles. The zero-order chi connectivity index (χ0) is 21.0. The van der Waals surface area contributed by atoms with Gasteiger partial charge in [0.1, 0.15) is 5.75 Å². The first-order valence-electron chi connectivity index (χ1n) is 9.08. The molecule has 2 aromatic carbocycles.